The van der Waals surface area contributed by atoms with Crippen LogP contribution in [0.15, 0.2) is 18.2 Å². The number of rotatable bonds is 2. The Kier molecular flexibility index (Phi) is 4.56. The van der Waals surface area contributed by atoms with E-state index in [-0.39, 0.29) is 5.41 Å². The van der Waals surface area contributed by atoms with Crippen LogP contribution in [0, 0.1) is 29.1 Å². The summed E-state index contributed by atoms with van der Waals surface area (Å²) in [5, 5.41) is 21.3. The zero-order valence-electron chi connectivity index (χ0n) is 16.2. The summed E-state index contributed by atoms with van der Waals surface area (Å²) in [6.45, 7) is 4.49. The smallest absolute Gasteiger partial charge is 0.131 e. The van der Waals surface area contributed by atoms with E-state index < -0.39 is 5.60 Å². The fourth-order valence-electron chi connectivity index (χ4n) is 6.26. The predicted octanol–water partition coefficient (Wildman–Crippen LogP) is 5.17. The highest BCUT2D eigenvalue weighted by Gasteiger charge is 2.61. The van der Waals surface area contributed by atoms with E-state index in [0.29, 0.717) is 23.5 Å². The molecule has 5 atom stereocenters. The summed E-state index contributed by atoms with van der Waals surface area (Å²) in [4.78, 5) is 0. The Morgan fingerprint density at radius 3 is 2.85 bits per heavy atom. The molecule has 0 heterocycles. The number of phenolic OH excluding ortho intramolecular Hbond substituents is 1. The van der Waals surface area contributed by atoms with Crippen molar-refractivity contribution in [1.82, 2.24) is 0 Å². The molecule has 2 fully saturated rings. The number of fused-ring (bicyclic) bond motifs is 5. The molecule has 0 bridgehead atoms. The van der Waals surface area contributed by atoms with Crippen LogP contribution in [0.4, 0.5) is 0 Å². The number of hydrogen-bond acceptors (Lipinski definition) is 2. The molecule has 2 nitrogen and oxygen atoms in total. The molecule has 0 radical (unpaired) electrons. The van der Waals surface area contributed by atoms with Gasteiger partial charge >= 0.3 is 0 Å². The predicted molar refractivity (Wildman–Crippen MR) is 105 cm³/mol. The molecular weight excluding hydrogens is 320 g/mol. The van der Waals surface area contributed by atoms with Crippen molar-refractivity contribution in [2.45, 2.75) is 83.2 Å². The lowest BCUT2D eigenvalue weighted by Gasteiger charge is -2.52. The first-order valence-corrected chi connectivity index (χ1v) is 10.5. The molecule has 0 amide bonds. The Morgan fingerprint density at radius 1 is 1.19 bits per heavy atom. The minimum absolute atomic E-state index is 0.0677. The Balaban J connectivity index is 1.60. The molecule has 0 unspecified atom stereocenters. The first-order valence-electron chi connectivity index (χ1n) is 10.5. The molecule has 0 aliphatic heterocycles. The van der Waals surface area contributed by atoms with E-state index in [2.05, 4.69) is 31.8 Å². The summed E-state index contributed by atoms with van der Waals surface area (Å²) in [5.41, 5.74) is 1.92. The number of benzene rings is 1. The van der Waals surface area contributed by atoms with Gasteiger partial charge in [0.15, 0.2) is 0 Å². The van der Waals surface area contributed by atoms with Crippen molar-refractivity contribution >= 4 is 0 Å². The highest BCUT2D eigenvalue weighted by molar-refractivity contribution is 5.40. The standard InChI is InChI=1S/C24H32O2/c1-3-4-5-6-13-24(26)15-12-22-21-9-7-17-16-18(25)8-10-19(17)20(21)11-14-23(22,24)2/h8,10,16,20-22,25-26H,3-5,7,9,11-12,14-15H2,1-2H3/t20-,21-,22+,23+,24+/m1/s1. The molecule has 1 aromatic rings. The Labute approximate surface area is 158 Å². The summed E-state index contributed by atoms with van der Waals surface area (Å²) >= 11 is 0. The van der Waals surface area contributed by atoms with Crippen molar-refractivity contribution < 1.29 is 10.2 Å². The molecule has 2 heteroatoms. The molecule has 0 saturated heterocycles. The topological polar surface area (TPSA) is 40.5 Å². The van der Waals surface area contributed by atoms with E-state index in [1.807, 2.05) is 12.1 Å². The summed E-state index contributed by atoms with van der Waals surface area (Å²) in [6.07, 6.45) is 9.54. The monoisotopic (exact) mass is 352 g/mol. The fourth-order valence-corrected chi connectivity index (χ4v) is 6.26. The first kappa shape index (κ1) is 17.9. The normalized spacial score (nSPS) is 37.9. The maximum Gasteiger partial charge on any atom is 0.131 e. The molecule has 140 valence electrons. The summed E-state index contributed by atoms with van der Waals surface area (Å²) in [5.74, 6) is 8.81. The van der Waals surface area contributed by atoms with Gasteiger partial charge in [-0.1, -0.05) is 32.3 Å². The van der Waals surface area contributed by atoms with Crippen molar-refractivity contribution in [2.75, 3.05) is 0 Å². The molecule has 2 N–H and O–H groups in total. The van der Waals surface area contributed by atoms with E-state index in [4.69, 9.17) is 0 Å². The number of aliphatic hydroxyl groups is 1. The van der Waals surface area contributed by atoms with Gasteiger partial charge in [0.05, 0.1) is 0 Å². The van der Waals surface area contributed by atoms with Gasteiger partial charge in [-0.3, -0.25) is 0 Å². The Morgan fingerprint density at radius 2 is 2.04 bits per heavy atom. The molecule has 3 aliphatic rings. The number of aromatic hydroxyl groups is 1. The van der Waals surface area contributed by atoms with Crippen LogP contribution in [0.5, 0.6) is 5.75 Å². The largest absolute Gasteiger partial charge is 0.508 e. The number of hydrogen-bond donors (Lipinski definition) is 2. The average Bonchev–Trinajstić information content (AvgIpc) is 2.90. The third kappa shape index (κ3) is 2.67. The molecule has 1 aromatic carbocycles. The Bertz CT molecular complexity index is 742. The van der Waals surface area contributed by atoms with Crippen molar-refractivity contribution in [3.05, 3.63) is 29.3 Å². The lowest BCUT2D eigenvalue weighted by atomic mass is 9.53. The van der Waals surface area contributed by atoms with Crippen molar-refractivity contribution in [3.63, 3.8) is 0 Å². The minimum atomic E-state index is -0.800. The van der Waals surface area contributed by atoms with Gasteiger partial charge in [-0.2, -0.15) is 0 Å². The summed E-state index contributed by atoms with van der Waals surface area (Å²) < 4.78 is 0. The van der Waals surface area contributed by atoms with Crippen LogP contribution >= 0.6 is 0 Å². The quantitative estimate of drug-likeness (QED) is 0.569. The van der Waals surface area contributed by atoms with Crippen LogP contribution < -0.4 is 0 Å². The van der Waals surface area contributed by atoms with Gasteiger partial charge in [-0.25, -0.2) is 0 Å². The van der Waals surface area contributed by atoms with E-state index in [9.17, 15) is 10.2 Å². The van der Waals surface area contributed by atoms with E-state index in [0.717, 1.165) is 51.4 Å². The SMILES string of the molecule is CCCCC#C[C@]1(O)CC[C@H]2[C@@H]3CCc4cc(O)ccc4[C@H]3CC[C@@]21C. The zero-order chi connectivity index (χ0) is 18.4. The molecule has 4 rings (SSSR count). The second kappa shape index (κ2) is 6.61. The lowest BCUT2D eigenvalue weighted by Crippen LogP contribution is -2.50. The Hall–Kier alpha value is -1.46. The summed E-state index contributed by atoms with van der Waals surface area (Å²) in [7, 11) is 0. The van der Waals surface area contributed by atoms with Crippen molar-refractivity contribution in [3.8, 4) is 17.6 Å². The van der Waals surface area contributed by atoms with Gasteiger partial charge in [0, 0.05) is 11.8 Å². The van der Waals surface area contributed by atoms with Gasteiger partial charge in [0.2, 0.25) is 0 Å². The molecule has 3 aliphatic carbocycles. The zero-order valence-corrected chi connectivity index (χ0v) is 16.2. The highest BCUT2D eigenvalue weighted by Crippen LogP contribution is 2.64. The fraction of sp³-hybridized carbons (Fsp3) is 0.667. The highest BCUT2D eigenvalue weighted by atomic mass is 16.3. The van der Waals surface area contributed by atoms with E-state index in [1.165, 1.54) is 17.5 Å². The number of phenols is 1. The van der Waals surface area contributed by atoms with Crippen molar-refractivity contribution in [2.24, 2.45) is 17.3 Å². The van der Waals surface area contributed by atoms with Crippen LogP contribution in [0.1, 0.15) is 82.3 Å². The van der Waals surface area contributed by atoms with Gasteiger partial charge in [0.25, 0.3) is 0 Å². The van der Waals surface area contributed by atoms with Gasteiger partial charge < -0.3 is 10.2 Å². The third-order valence-corrected chi connectivity index (χ3v) is 7.81. The molecule has 2 saturated carbocycles. The van der Waals surface area contributed by atoms with Crippen LogP contribution in [-0.2, 0) is 6.42 Å². The second-order valence-corrected chi connectivity index (χ2v) is 9.06. The lowest BCUT2D eigenvalue weighted by molar-refractivity contribution is -0.0648. The van der Waals surface area contributed by atoms with E-state index in [1.54, 1.807) is 0 Å². The summed E-state index contributed by atoms with van der Waals surface area (Å²) in [6, 6.07) is 5.96. The van der Waals surface area contributed by atoms with Crippen molar-refractivity contribution in [1.29, 1.82) is 0 Å². The molecular formula is C24H32O2. The maximum atomic E-state index is 11.5. The molecule has 0 aromatic heterocycles. The van der Waals surface area contributed by atoms with E-state index >= 15 is 0 Å². The average molecular weight is 353 g/mol. The minimum Gasteiger partial charge on any atom is -0.508 e. The first-order chi connectivity index (χ1) is 12.5. The third-order valence-electron chi connectivity index (χ3n) is 7.81. The van der Waals surface area contributed by atoms with Gasteiger partial charge in [-0.05, 0) is 86.0 Å². The molecule has 26 heavy (non-hydrogen) atoms. The van der Waals surface area contributed by atoms with Gasteiger partial charge in [-0.15, -0.1) is 5.92 Å². The van der Waals surface area contributed by atoms with Crippen LogP contribution in [0.25, 0.3) is 0 Å². The maximum absolute atomic E-state index is 11.5. The van der Waals surface area contributed by atoms with Crippen LogP contribution in [-0.4, -0.2) is 15.8 Å². The van der Waals surface area contributed by atoms with Gasteiger partial charge in [0.1, 0.15) is 11.4 Å². The number of aryl methyl sites for hydroxylation is 1. The molecule has 0 spiro atoms. The second-order valence-electron chi connectivity index (χ2n) is 9.06. The van der Waals surface area contributed by atoms with Crippen LogP contribution in [0.2, 0.25) is 0 Å². The number of unbranched alkanes of at least 4 members (excludes halogenated alkanes) is 2. The van der Waals surface area contributed by atoms with Crippen LogP contribution in [0.3, 0.4) is 0 Å².